The van der Waals surface area contributed by atoms with Gasteiger partial charge in [-0.2, -0.15) is 0 Å². The van der Waals surface area contributed by atoms with E-state index in [2.05, 4.69) is 0 Å². The van der Waals surface area contributed by atoms with Crippen LogP contribution in [0.25, 0.3) is 0 Å². The van der Waals surface area contributed by atoms with E-state index in [1.165, 1.54) is 4.90 Å². The van der Waals surface area contributed by atoms with Crippen LogP contribution in [0.3, 0.4) is 0 Å². The Balaban J connectivity index is 1.70. The minimum Gasteiger partial charge on any atom is -0.382 e. The fraction of sp³-hybridized carbons (Fsp3) is 0.474. The third kappa shape index (κ3) is 2.29. The third-order valence-corrected chi connectivity index (χ3v) is 9.06. The van der Waals surface area contributed by atoms with E-state index in [0.29, 0.717) is 12.3 Å². The SMILES string of the molecule is COCC(C)OP1(=O)[C@@H]2C(C)=C[C@H]1[C@H]1C(=O)N(c3ccccc3)C(=O)[C@H]12. The third-order valence-electron chi connectivity index (χ3n) is 5.57. The van der Waals surface area contributed by atoms with E-state index < -0.39 is 30.5 Å². The lowest BCUT2D eigenvalue weighted by Gasteiger charge is -2.26. The monoisotopic (exact) mass is 375 g/mol. The van der Waals surface area contributed by atoms with Crippen LogP contribution in [0.1, 0.15) is 13.8 Å². The molecule has 2 amide bonds. The molecular formula is C19H22NO5P. The molecule has 3 aliphatic heterocycles. The molecule has 2 bridgehead atoms. The first kappa shape index (κ1) is 17.7. The van der Waals surface area contributed by atoms with E-state index in [-0.39, 0.29) is 17.9 Å². The van der Waals surface area contributed by atoms with Crippen LogP contribution in [-0.2, 0) is 23.4 Å². The molecule has 7 heteroatoms. The zero-order valence-corrected chi connectivity index (χ0v) is 15.9. The number of methoxy groups -OCH3 is 1. The summed E-state index contributed by atoms with van der Waals surface area (Å²) < 4.78 is 24.7. The maximum Gasteiger partial charge on any atom is 0.238 e. The summed E-state index contributed by atoms with van der Waals surface area (Å²) in [6.07, 6.45) is 1.52. The number of para-hydroxylation sites is 1. The number of fused-ring (bicyclic) bond motifs is 5. The predicted octanol–water partition coefficient (Wildman–Crippen LogP) is 2.83. The van der Waals surface area contributed by atoms with E-state index in [4.69, 9.17) is 9.26 Å². The van der Waals surface area contributed by atoms with Crippen LogP contribution in [0.4, 0.5) is 5.69 Å². The molecule has 2 saturated heterocycles. The average molecular weight is 375 g/mol. The highest BCUT2D eigenvalue weighted by atomic mass is 31.2. The number of amides is 2. The number of hydrogen-bond acceptors (Lipinski definition) is 5. The van der Waals surface area contributed by atoms with Gasteiger partial charge in [0.15, 0.2) is 0 Å². The zero-order valence-electron chi connectivity index (χ0n) is 15.0. The summed E-state index contributed by atoms with van der Waals surface area (Å²) in [5.41, 5.74) is 0.418. The van der Waals surface area contributed by atoms with E-state index in [1.807, 2.05) is 19.1 Å². The molecule has 0 aromatic heterocycles. The van der Waals surface area contributed by atoms with Crippen LogP contribution >= 0.6 is 7.37 Å². The number of anilines is 1. The summed E-state index contributed by atoms with van der Waals surface area (Å²) >= 11 is 0. The number of hydrogen-bond donors (Lipinski definition) is 0. The molecule has 0 saturated carbocycles. The highest BCUT2D eigenvalue weighted by Crippen LogP contribution is 2.75. The number of carbonyl (C=O) groups is 2. The molecule has 3 aliphatic rings. The second kappa shape index (κ2) is 6.15. The molecule has 26 heavy (non-hydrogen) atoms. The van der Waals surface area contributed by atoms with Crippen molar-refractivity contribution in [2.45, 2.75) is 31.3 Å². The summed E-state index contributed by atoms with van der Waals surface area (Å²) in [7, 11) is -1.64. The molecule has 2 unspecified atom stereocenters. The van der Waals surface area contributed by atoms with Crippen molar-refractivity contribution in [3.63, 3.8) is 0 Å². The number of allylic oxidation sites excluding steroid dienone is 2. The molecule has 0 aliphatic carbocycles. The first-order valence-electron chi connectivity index (χ1n) is 8.78. The van der Waals surface area contributed by atoms with Crippen LogP contribution < -0.4 is 4.90 Å². The second-order valence-corrected chi connectivity index (χ2v) is 9.92. The van der Waals surface area contributed by atoms with Crippen molar-refractivity contribution in [2.75, 3.05) is 18.6 Å². The van der Waals surface area contributed by atoms with Gasteiger partial charge in [-0.15, -0.1) is 0 Å². The average Bonchev–Trinajstić information content (AvgIpc) is 3.10. The van der Waals surface area contributed by atoms with Crippen molar-refractivity contribution in [1.29, 1.82) is 0 Å². The molecule has 6 nitrogen and oxygen atoms in total. The number of rotatable bonds is 5. The topological polar surface area (TPSA) is 72.9 Å². The minimum atomic E-state index is -3.19. The van der Waals surface area contributed by atoms with Crippen molar-refractivity contribution < 1.29 is 23.4 Å². The number of ether oxygens (including phenoxy) is 1. The van der Waals surface area contributed by atoms with Crippen LogP contribution in [0.15, 0.2) is 42.0 Å². The van der Waals surface area contributed by atoms with Crippen molar-refractivity contribution >= 4 is 24.9 Å². The molecule has 0 N–H and O–H groups in total. The molecule has 6 atom stereocenters. The minimum absolute atomic E-state index is 0.269. The van der Waals surface area contributed by atoms with Gasteiger partial charge < -0.3 is 9.26 Å². The lowest BCUT2D eigenvalue weighted by atomic mass is 9.82. The van der Waals surface area contributed by atoms with Gasteiger partial charge >= 0.3 is 0 Å². The Morgan fingerprint density at radius 1 is 1.15 bits per heavy atom. The Kier molecular flexibility index (Phi) is 4.18. The maximum atomic E-state index is 13.7. The Hall–Kier alpha value is -1.75. The quantitative estimate of drug-likeness (QED) is 0.450. The summed E-state index contributed by atoms with van der Waals surface area (Å²) in [5.74, 6) is -1.74. The van der Waals surface area contributed by atoms with Crippen LogP contribution in [0.5, 0.6) is 0 Å². The number of carbonyl (C=O) groups excluding carboxylic acids is 2. The summed E-state index contributed by atoms with van der Waals surface area (Å²) in [5, 5.41) is 0. The lowest BCUT2D eigenvalue weighted by Crippen LogP contribution is -2.34. The van der Waals surface area contributed by atoms with Crippen molar-refractivity contribution in [2.24, 2.45) is 11.8 Å². The fourth-order valence-corrected chi connectivity index (χ4v) is 8.58. The fourth-order valence-electron chi connectivity index (χ4n) is 4.69. The molecule has 1 aromatic carbocycles. The molecule has 4 rings (SSSR count). The Morgan fingerprint density at radius 2 is 1.81 bits per heavy atom. The molecule has 0 spiro atoms. The first-order valence-corrected chi connectivity index (χ1v) is 10.5. The predicted molar refractivity (Wildman–Crippen MR) is 97.3 cm³/mol. The number of nitrogens with zero attached hydrogens (tertiary/aromatic N) is 1. The normalized spacial score (nSPS) is 36.4. The van der Waals surface area contributed by atoms with E-state index >= 15 is 0 Å². The van der Waals surface area contributed by atoms with Crippen LogP contribution in [0.2, 0.25) is 0 Å². The van der Waals surface area contributed by atoms with Crippen molar-refractivity contribution in [3.05, 3.63) is 42.0 Å². The van der Waals surface area contributed by atoms with Gasteiger partial charge in [-0.1, -0.05) is 29.8 Å². The smallest absolute Gasteiger partial charge is 0.238 e. The largest absolute Gasteiger partial charge is 0.382 e. The lowest BCUT2D eigenvalue weighted by molar-refractivity contribution is -0.122. The van der Waals surface area contributed by atoms with Gasteiger partial charge in [-0.05, 0) is 26.0 Å². The molecule has 2 fully saturated rings. The summed E-state index contributed by atoms with van der Waals surface area (Å²) in [6, 6.07) is 8.92. The van der Waals surface area contributed by atoms with Gasteiger partial charge in [0.1, 0.15) is 0 Å². The van der Waals surface area contributed by atoms with Gasteiger partial charge in [-0.3, -0.25) is 14.2 Å². The summed E-state index contributed by atoms with van der Waals surface area (Å²) in [6.45, 7) is 3.99. The van der Waals surface area contributed by atoms with Crippen LogP contribution in [0, 0.1) is 11.8 Å². The zero-order chi connectivity index (χ0) is 18.6. The van der Waals surface area contributed by atoms with Gasteiger partial charge in [0.05, 0.1) is 41.6 Å². The standard InChI is InChI=1S/C19H22NO5P/c1-11-9-14-15-16(17(11)26(14,23)25-12(2)10-24-3)19(22)20(18(15)21)13-7-5-4-6-8-13/h4-9,12,14-17H,10H2,1-3H3/t12?,14-,15+,16+,17+,26?/m0/s1. The van der Waals surface area contributed by atoms with Gasteiger partial charge in [-0.25, -0.2) is 4.90 Å². The molecular weight excluding hydrogens is 353 g/mol. The van der Waals surface area contributed by atoms with Gasteiger partial charge in [0.25, 0.3) is 0 Å². The molecule has 3 heterocycles. The molecule has 1 aromatic rings. The van der Waals surface area contributed by atoms with E-state index in [1.54, 1.807) is 38.3 Å². The van der Waals surface area contributed by atoms with E-state index in [0.717, 1.165) is 5.57 Å². The Labute approximate surface area is 152 Å². The molecule has 0 radical (unpaired) electrons. The highest BCUT2D eigenvalue weighted by Gasteiger charge is 2.71. The van der Waals surface area contributed by atoms with Gasteiger partial charge in [0, 0.05) is 7.11 Å². The van der Waals surface area contributed by atoms with Gasteiger partial charge in [0.2, 0.25) is 19.2 Å². The van der Waals surface area contributed by atoms with Crippen molar-refractivity contribution in [1.82, 2.24) is 0 Å². The Bertz CT molecular complexity index is 836. The first-order chi connectivity index (χ1) is 12.4. The van der Waals surface area contributed by atoms with Crippen LogP contribution in [-0.4, -0.2) is 43.0 Å². The molecule has 138 valence electrons. The number of imide groups is 1. The van der Waals surface area contributed by atoms with E-state index in [9.17, 15) is 14.2 Å². The number of benzene rings is 1. The Morgan fingerprint density at radius 3 is 2.46 bits per heavy atom. The maximum absolute atomic E-state index is 13.7. The highest BCUT2D eigenvalue weighted by molar-refractivity contribution is 7.62. The van der Waals surface area contributed by atoms with Crippen molar-refractivity contribution in [3.8, 4) is 0 Å². The second-order valence-electron chi connectivity index (χ2n) is 7.26. The summed E-state index contributed by atoms with van der Waals surface area (Å²) in [4.78, 5) is 27.4.